The van der Waals surface area contributed by atoms with Gasteiger partial charge in [-0.25, -0.2) is 4.79 Å². The van der Waals surface area contributed by atoms with Crippen molar-refractivity contribution < 1.29 is 9.59 Å². The van der Waals surface area contributed by atoms with Crippen molar-refractivity contribution in [3.8, 4) is 0 Å². The van der Waals surface area contributed by atoms with Crippen LogP contribution in [0.15, 0.2) is 0 Å². The molecule has 0 spiro atoms. The highest BCUT2D eigenvalue weighted by Gasteiger charge is 2.50. The quantitative estimate of drug-likeness (QED) is 0.696. The topological polar surface area (TPSA) is 75.4 Å². The number of imide groups is 1. The molecular formula is C11H21N3O2. The average molecular weight is 227 g/mol. The Balaban J connectivity index is 2.92. The van der Waals surface area contributed by atoms with Crippen LogP contribution in [0.2, 0.25) is 0 Å². The van der Waals surface area contributed by atoms with Crippen LogP contribution in [-0.4, -0.2) is 34.5 Å². The van der Waals surface area contributed by atoms with Crippen molar-refractivity contribution in [1.82, 2.24) is 10.2 Å². The van der Waals surface area contributed by atoms with Crippen LogP contribution < -0.4 is 11.1 Å². The molecular weight excluding hydrogens is 206 g/mol. The molecule has 1 saturated heterocycles. The van der Waals surface area contributed by atoms with Gasteiger partial charge in [-0.3, -0.25) is 9.69 Å². The molecule has 3 amide bonds. The molecule has 3 N–H and O–H groups in total. The number of nitrogens with one attached hydrogen (secondary N) is 1. The number of hydrogen-bond donors (Lipinski definition) is 2. The first-order valence-corrected chi connectivity index (χ1v) is 5.51. The Morgan fingerprint density at radius 3 is 2.25 bits per heavy atom. The Labute approximate surface area is 96.4 Å². The van der Waals surface area contributed by atoms with Gasteiger partial charge in [-0.1, -0.05) is 13.8 Å². The van der Waals surface area contributed by atoms with Gasteiger partial charge in [0.25, 0.3) is 5.91 Å². The van der Waals surface area contributed by atoms with Crippen LogP contribution >= 0.6 is 0 Å². The Hall–Kier alpha value is -1.10. The number of rotatable bonds is 3. The maximum Gasteiger partial charge on any atom is 0.325 e. The van der Waals surface area contributed by atoms with Crippen molar-refractivity contribution >= 4 is 11.9 Å². The maximum atomic E-state index is 12.1. The number of nitrogens with zero attached hydrogens (tertiary/aromatic N) is 1. The summed E-state index contributed by atoms with van der Waals surface area (Å²) >= 11 is 0. The normalized spacial score (nSPS) is 26.6. The van der Waals surface area contributed by atoms with E-state index in [1.807, 2.05) is 13.8 Å². The fraction of sp³-hybridized carbons (Fsp3) is 0.818. The molecule has 1 fully saturated rings. The maximum absolute atomic E-state index is 12.1. The fourth-order valence-corrected chi connectivity index (χ4v) is 1.66. The third-order valence-corrected chi connectivity index (χ3v) is 3.02. The summed E-state index contributed by atoms with van der Waals surface area (Å²) in [4.78, 5) is 25.1. The van der Waals surface area contributed by atoms with Gasteiger partial charge in [0.15, 0.2) is 0 Å². The lowest BCUT2D eigenvalue weighted by Crippen LogP contribution is -2.51. The van der Waals surface area contributed by atoms with Gasteiger partial charge in [0, 0.05) is 12.1 Å². The summed E-state index contributed by atoms with van der Waals surface area (Å²) in [5.41, 5.74) is 4.45. The van der Waals surface area contributed by atoms with E-state index in [1.54, 1.807) is 20.8 Å². The number of carbonyl (C=O) groups excluding carboxylic acids is 2. The molecule has 0 aromatic heterocycles. The largest absolute Gasteiger partial charge is 0.325 e. The number of urea groups is 1. The lowest BCUT2D eigenvalue weighted by molar-refractivity contribution is -0.132. The summed E-state index contributed by atoms with van der Waals surface area (Å²) in [6, 6.07) is -0.347. The van der Waals surface area contributed by atoms with Gasteiger partial charge >= 0.3 is 6.03 Å². The van der Waals surface area contributed by atoms with Crippen molar-refractivity contribution in [2.75, 3.05) is 6.54 Å². The van der Waals surface area contributed by atoms with E-state index in [2.05, 4.69) is 5.32 Å². The molecule has 1 atom stereocenters. The number of carbonyl (C=O) groups is 2. The van der Waals surface area contributed by atoms with Crippen LogP contribution in [0, 0.1) is 5.92 Å². The van der Waals surface area contributed by atoms with Crippen molar-refractivity contribution in [2.45, 2.75) is 45.7 Å². The van der Waals surface area contributed by atoms with E-state index in [1.165, 1.54) is 4.90 Å². The van der Waals surface area contributed by atoms with Gasteiger partial charge in [0.2, 0.25) is 0 Å². The van der Waals surface area contributed by atoms with Crippen LogP contribution in [0.3, 0.4) is 0 Å². The van der Waals surface area contributed by atoms with Crippen LogP contribution in [0.4, 0.5) is 4.79 Å². The van der Waals surface area contributed by atoms with E-state index in [0.717, 1.165) is 0 Å². The summed E-state index contributed by atoms with van der Waals surface area (Å²) in [5, 5.41) is 2.73. The van der Waals surface area contributed by atoms with Crippen LogP contribution in [-0.2, 0) is 4.79 Å². The molecule has 1 unspecified atom stereocenters. The van der Waals surface area contributed by atoms with Gasteiger partial charge in [-0.2, -0.15) is 0 Å². The molecule has 0 aromatic carbocycles. The first-order valence-electron chi connectivity index (χ1n) is 5.51. The average Bonchev–Trinajstić information content (AvgIpc) is 2.28. The first kappa shape index (κ1) is 13.0. The van der Waals surface area contributed by atoms with Crippen molar-refractivity contribution in [2.24, 2.45) is 11.7 Å². The fourth-order valence-electron chi connectivity index (χ4n) is 1.66. The van der Waals surface area contributed by atoms with Gasteiger partial charge in [0.05, 0.1) is 0 Å². The number of amides is 3. The number of nitrogens with two attached hydrogens (primary N) is 1. The summed E-state index contributed by atoms with van der Waals surface area (Å²) < 4.78 is 0. The van der Waals surface area contributed by atoms with E-state index in [-0.39, 0.29) is 24.4 Å². The Morgan fingerprint density at radius 2 is 1.94 bits per heavy atom. The molecule has 1 aliphatic heterocycles. The third kappa shape index (κ3) is 2.19. The van der Waals surface area contributed by atoms with E-state index in [0.29, 0.717) is 0 Å². The molecule has 5 heteroatoms. The Bertz CT molecular complexity index is 320. The summed E-state index contributed by atoms with van der Waals surface area (Å²) in [7, 11) is 0. The summed E-state index contributed by atoms with van der Waals surface area (Å²) in [5.74, 6) is -0.138. The second-order valence-electron chi connectivity index (χ2n) is 5.67. The van der Waals surface area contributed by atoms with Crippen LogP contribution in [0.25, 0.3) is 0 Å². The SMILES string of the molecule is CC(C)C1(C)NC(=O)N(CC(C)(C)N)C1=O. The lowest BCUT2D eigenvalue weighted by atomic mass is 9.88. The Kier molecular flexibility index (Phi) is 3.02. The molecule has 5 nitrogen and oxygen atoms in total. The highest BCUT2D eigenvalue weighted by molar-refractivity contribution is 6.07. The predicted octanol–water partition coefficient (Wildman–Crippen LogP) is 0.690. The molecule has 0 bridgehead atoms. The second-order valence-corrected chi connectivity index (χ2v) is 5.67. The zero-order chi connectivity index (χ0) is 12.7. The molecule has 1 heterocycles. The molecule has 1 rings (SSSR count). The zero-order valence-electron chi connectivity index (χ0n) is 10.6. The molecule has 0 radical (unpaired) electrons. The van der Waals surface area contributed by atoms with Gasteiger partial charge in [-0.15, -0.1) is 0 Å². The monoisotopic (exact) mass is 227 g/mol. The molecule has 92 valence electrons. The smallest absolute Gasteiger partial charge is 0.324 e. The second kappa shape index (κ2) is 3.73. The van der Waals surface area contributed by atoms with E-state index < -0.39 is 11.1 Å². The predicted molar refractivity (Wildman–Crippen MR) is 61.8 cm³/mol. The van der Waals surface area contributed by atoms with Gasteiger partial charge in [0.1, 0.15) is 5.54 Å². The first-order chi connectivity index (χ1) is 7.08. The van der Waals surface area contributed by atoms with E-state index in [9.17, 15) is 9.59 Å². The van der Waals surface area contributed by atoms with Crippen LogP contribution in [0.1, 0.15) is 34.6 Å². The van der Waals surface area contributed by atoms with E-state index in [4.69, 9.17) is 5.73 Å². The van der Waals surface area contributed by atoms with Crippen molar-refractivity contribution in [3.05, 3.63) is 0 Å². The van der Waals surface area contributed by atoms with Gasteiger partial charge in [-0.05, 0) is 26.7 Å². The van der Waals surface area contributed by atoms with Gasteiger partial charge < -0.3 is 11.1 Å². The van der Waals surface area contributed by atoms with Crippen molar-refractivity contribution in [3.63, 3.8) is 0 Å². The molecule has 1 aliphatic rings. The summed E-state index contributed by atoms with van der Waals surface area (Å²) in [6.07, 6.45) is 0. The third-order valence-electron chi connectivity index (χ3n) is 3.02. The Morgan fingerprint density at radius 1 is 1.44 bits per heavy atom. The number of hydrogen-bond acceptors (Lipinski definition) is 3. The zero-order valence-corrected chi connectivity index (χ0v) is 10.6. The minimum Gasteiger partial charge on any atom is -0.324 e. The molecule has 0 aliphatic carbocycles. The summed E-state index contributed by atoms with van der Waals surface area (Å²) in [6.45, 7) is 9.39. The highest BCUT2D eigenvalue weighted by Crippen LogP contribution is 2.26. The standard InChI is InChI=1S/C11H21N3O2/c1-7(2)11(5)8(15)14(9(16)13-11)6-10(3,4)12/h7H,6,12H2,1-5H3,(H,13,16). The molecule has 0 saturated carbocycles. The molecule has 0 aromatic rings. The lowest BCUT2D eigenvalue weighted by Gasteiger charge is -2.28. The minimum absolute atomic E-state index is 0.0508. The minimum atomic E-state index is -0.803. The highest BCUT2D eigenvalue weighted by atomic mass is 16.2. The van der Waals surface area contributed by atoms with Crippen LogP contribution in [0.5, 0.6) is 0 Å². The van der Waals surface area contributed by atoms with E-state index >= 15 is 0 Å². The molecule has 16 heavy (non-hydrogen) atoms. The van der Waals surface area contributed by atoms with Crippen molar-refractivity contribution in [1.29, 1.82) is 0 Å².